The third kappa shape index (κ3) is 2.65. The van der Waals surface area contributed by atoms with Crippen molar-refractivity contribution in [2.24, 2.45) is 0 Å². The highest BCUT2D eigenvalue weighted by Crippen LogP contribution is 2.25. The van der Waals surface area contributed by atoms with Crippen LogP contribution >= 0.6 is 15.9 Å². The average Bonchev–Trinajstić information content (AvgIpc) is 2.80. The first-order valence-electron chi connectivity index (χ1n) is 6.08. The molecule has 3 nitrogen and oxygen atoms in total. The van der Waals surface area contributed by atoms with Crippen molar-refractivity contribution in [2.45, 2.75) is 32.9 Å². The minimum absolute atomic E-state index is 0.677. The van der Waals surface area contributed by atoms with E-state index in [0.29, 0.717) is 5.82 Å². The van der Waals surface area contributed by atoms with Crippen LogP contribution in [0, 0.1) is 6.92 Å². The predicted molar refractivity (Wildman–Crippen MR) is 75.5 cm³/mol. The summed E-state index contributed by atoms with van der Waals surface area (Å²) >= 11 is 3.49. The molecule has 2 rings (SSSR count). The molecule has 96 valence electrons. The number of imidazole rings is 1. The Balaban J connectivity index is 2.32. The molecular formula is C14H17BrN2O. The fourth-order valence-electron chi connectivity index (χ4n) is 1.93. The molecule has 1 aromatic heterocycles. The van der Waals surface area contributed by atoms with Crippen molar-refractivity contribution in [3.05, 3.63) is 52.0 Å². The van der Waals surface area contributed by atoms with Crippen molar-refractivity contribution < 1.29 is 5.11 Å². The van der Waals surface area contributed by atoms with Crippen molar-refractivity contribution in [3.63, 3.8) is 0 Å². The summed E-state index contributed by atoms with van der Waals surface area (Å²) in [5.41, 5.74) is 2.01. The average molecular weight is 309 g/mol. The number of hydrogen-bond acceptors (Lipinski definition) is 2. The number of benzene rings is 1. The molecule has 0 aliphatic carbocycles. The van der Waals surface area contributed by atoms with E-state index >= 15 is 0 Å². The Kier molecular flexibility index (Phi) is 4.19. The van der Waals surface area contributed by atoms with Gasteiger partial charge in [-0.25, -0.2) is 4.98 Å². The van der Waals surface area contributed by atoms with Gasteiger partial charge >= 0.3 is 0 Å². The maximum Gasteiger partial charge on any atom is 0.142 e. The molecule has 0 bridgehead atoms. The van der Waals surface area contributed by atoms with Crippen LogP contribution in [0.1, 0.15) is 36.4 Å². The van der Waals surface area contributed by atoms with Gasteiger partial charge in [0.15, 0.2) is 0 Å². The van der Waals surface area contributed by atoms with Gasteiger partial charge in [0.2, 0.25) is 0 Å². The van der Waals surface area contributed by atoms with Gasteiger partial charge in [-0.05, 0) is 30.5 Å². The van der Waals surface area contributed by atoms with Crippen LogP contribution in [0.2, 0.25) is 0 Å². The molecule has 0 saturated heterocycles. The first-order valence-corrected chi connectivity index (χ1v) is 6.88. The number of nitrogens with zero attached hydrogens (tertiary/aromatic N) is 2. The molecule has 1 unspecified atom stereocenters. The van der Waals surface area contributed by atoms with Crippen molar-refractivity contribution >= 4 is 15.9 Å². The molecule has 1 atom stereocenters. The van der Waals surface area contributed by atoms with Crippen LogP contribution in [0.3, 0.4) is 0 Å². The molecule has 0 aliphatic rings. The van der Waals surface area contributed by atoms with Crippen molar-refractivity contribution in [1.29, 1.82) is 0 Å². The van der Waals surface area contributed by atoms with Gasteiger partial charge in [0.05, 0.1) is 0 Å². The number of halogens is 1. The van der Waals surface area contributed by atoms with Crippen molar-refractivity contribution in [3.8, 4) is 0 Å². The Bertz CT molecular complexity index is 536. The van der Waals surface area contributed by atoms with E-state index in [1.54, 1.807) is 6.20 Å². The van der Waals surface area contributed by atoms with Crippen molar-refractivity contribution in [2.75, 3.05) is 0 Å². The fourth-order valence-corrected chi connectivity index (χ4v) is 2.32. The van der Waals surface area contributed by atoms with Crippen LogP contribution in [0.25, 0.3) is 0 Å². The molecule has 18 heavy (non-hydrogen) atoms. The van der Waals surface area contributed by atoms with Gasteiger partial charge in [0.1, 0.15) is 11.9 Å². The number of aromatic nitrogens is 2. The smallest absolute Gasteiger partial charge is 0.142 e. The van der Waals surface area contributed by atoms with Gasteiger partial charge in [0, 0.05) is 23.4 Å². The summed E-state index contributed by atoms with van der Waals surface area (Å²) in [5, 5.41) is 10.4. The van der Waals surface area contributed by atoms with Gasteiger partial charge in [-0.1, -0.05) is 35.0 Å². The van der Waals surface area contributed by atoms with Gasteiger partial charge in [-0.15, -0.1) is 0 Å². The molecule has 1 N–H and O–H groups in total. The van der Waals surface area contributed by atoms with Crippen LogP contribution in [0.15, 0.2) is 35.1 Å². The Morgan fingerprint density at radius 3 is 2.89 bits per heavy atom. The summed E-state index contributed by atoms with van der Waals surface area (Å²) in [6.07, 6.45) is 3.99. The summed E-state index contributed by atoms with van der Waals surface area (Å²) in [6.45, 7) is 5.01. The first-order chi connectivity index (χ1) is 8.63. The minimum atomic E-state index is -0.677. The lowest BCUT2D eigenvalue weighted by molar-refractivity contribution is 0.204. The zero-order valence-electron chi connectivity index (χ0n) is 10.6. The van der Waals surface area contributed by atoms with E-state index in [1.807, 2.05) is 35.9 Å². The SMILES string of the molecule is CCCn1ccnc1C(O)c1ccc(C)c(Br)c1. The number of aliphatic hydroxyl groups excluding tert-OH is 1. The quantitative estimate of drug-likeness (QED) is 0.939. The van der Waals surface area contributed by atoms with E-state index in [2.05, 4.69) is 27.8 Å². The zero-order valence-corrected chi connectivity index (χ0v) is 12.2. The summed E-state index contributed by atoms with van der Waals surface area (Å²) in [7, 11) is 0. The molecule has 0 radical (unpaired) electrons. The lowest BCUT2D eigenvalue weighted by atomic mass is 10.1. The summed E-state index contributed by atoms with van der Waals surface area (Å²) in [6, 6.07) is 5.89. The minimum Gasteiger partial charge on any atom is -0.380 e. The highest BCUT2D eigenvalue weighted by Gasteiger charge is 2.16. The van der Waals surface area contributed by atoms with Crippen LogP contribution in [0.5, 0.6) is 0 Å². The van der Waals surface area contributed by atoms with E-state index in [4.69, 9.17) is 0 Å². The van der Waals surface area contributed by atoms with Crippen LogP contribution < -0.4 is 0 Å². The van der Waals surface area contributed by atoms with E-state index < -0.39 is 6.10 Å². The molecule has 2 aromatic rings. The molecule has 1 aromatic carbocycles. The maximum atomic E-state index is 10.4. The Hall–Kier alpha value is -1.13. The van der Waals surface area contributed by atoms with Crippen LogP contribution in [0.4, 0.5) is 0 Å². The molecule has 0 saturated carbocycles. The lowest BCUT2D eigenvalue weighted by Gasteiger charge is -2.14. The molecule has 0 spiro atoms. The first kappa shape index (κ1) is 13.3. The molecule has 0 amide bonds. The third-order valence-corrected chi connectivity index (χ3v) is 3.82. The maximum absolute atomic E-state index is 10.4. The second-order valence-electron chi connectivity index (χ2n) is 4.39. The van der Waals surface area contributed by atoms with Crippen LogP contribution in [-0.2, 0) is 6.54 Å². The summed E-state index contributed by atoms with van der Waals surface area (Å²) in [5.74, 6) is 0.701. The van der Waals surface area contributed by atoms with Crippen molar-refractivity contribution in [1.82, 2.24) is 9.55 Å². The number of aliphatic hydroxyl groups is 1. The molecule has 0 fully saturated rings. The van der Waals surface area contributed by atoms with E-state index in [1.165, 1.54) is 0 Å². The second-order valence-corrected chi connectivity index (χ2v) is 5.24. The fraction of sp³-hybridized carbons (Fsp3) is 0.357. The van der Waals surface area contributed by atoms with E-state index in [9.17, 15) is 5.11 Å². The normalized spacial score (nSPS) is 12.7. The topological polar surface area (TPSA) is 38.0 Å². The van der Waals surface area contributed by atoms with Gasteiger partial charge < -0.3 is 9.67 Å². The van der Waals surface area contributed by atoms with E-state index in [0.717, 1.165) is 28.6 Å². The molecular weight excluding hydrogens is 292 g/mol. The largest absolute Gasteiger partial charge is 0.380 e. The Morgan fingerprint density at radius 1 is 1.44 bits per heavy atom. The second kappa shape index (κ2) is 5.67. The summed E-state index contributed by atoms with van der Waals surface area (Å²) < 4.78 is 3.01. The summed E-state index contributed by atoms with van der Waals surface area (Å²) in [4.78, 5) is 4.26. The van der Waals surface area contributed by atoms with Crippen LogP contribution in [-0.4, -0.2) is 14.7 Å². The Morgan fingerprint density at radius 2 is 2.22 bits per heavy atom. The zero-order chi connectivity index (χ0) is 13.1. The number of aryl methyl sites for hydroxylation is 2. The molecule has 4 heteroatoms. The molecule has 1 heterocycles. The number of rotatable bonds is 4. The standard InChI is InChI=1S/C14H17BrN2O/c1-3-7-17-8-6-16-14(17)13(18)11-5-4-10(2)12(15)9-11/h4-6,8-9,13,18H,3,7H2,1-2H3. The Labute approximate surface area is 116 Å². The highest BCUT2D eigenvalue weighted by atomic mass is 79.9. The predicted octanol–water partition coefficient (Wildman–Crippen LogP) is 3.45. The van der Waals surface area contributed by atoms with Gasteiger partial charge in [-0.2, -0.15) is 0 Å². The lowest BCUT2D eigenvalue weighted by Crippen LogP contribution is -2.09. The highest BCUT2D eigenvalue weighted by molar-refractivity contribution is 9.10. The monoisotopic (exact) mass is 308 g/mol. The number of hydrogen-bond donors (Lipinski definition) is 1. The van der Waals surface area contributed by atoms with E-state index in [-0.39, 0.29) is 0 Å². The van der Waals surface area contributed by atoms with Gasteiger partial charge in [-0.3, -0.25) is 0 Å². The third-order valence-electron chi connectivity index (χ3n) is 2.97. The van der Waals surface area contributed by atoms with Gasteiger partial charge in [0.25, 0.3) is 0 Å². The molecule has 0 aliphatic heterocycles.